The molecular weight excluding hydrogens is 570 g/mol. The van der Waals surface area contributed by atoms with Gasteiger partial charge in [0.1, 0.15) is 23.3 Å². The molecule has 3 heterocycles. The molecule has 5 aromatic rings. The first-order valence-corrected chi connectivity index (χ1v) is 14.2. The summed E-state index contributed by atoms with van der Waals surface area (Å²) in [6.07, 6.45) is 1.60. The summed E-state index contributed by atoms with van der Waals surface area (Å²) in [6.45, 7) is 3.61. The zero-order valence-corrected chi connectivity index (χ0v) is 24.2. The standard InChI is InChI=1S/C32H25N3O7S/c1-4-41-31(37)27-18(2)33-32-34(29(27)28-23-11-6-5-8-19(23)12-14-25(28)40-3)30(36)26(43-32)17-22-13-15-24(42-22)20-9-7-10-21(16-20)35(38)39/h5-17,29H,4H2,1-3H3/b26-17+/t29-/m0/s1. The van der Waals surface area contributed by atoms with Gasteiger partial charge in [0, 0.05) is 29.3 Å². The van der Waals surface area contributed by atoms with Gasteiger partial charge < -0.3 is 13.9 Å². The summed E-state index contributed by atoms with van der Waals surface area (Å²) in [7, 11) is 1.55. The van der Waals surface area contributed by atoms with Crippen LogP contribution in [0.25, 0.3) is 28.2 Å². The number of non-ortho nitro benzene ring substituents is 1. The van der Waals surface area contributed by atoms with Crippen molar-refractivity contribution in [2.45, 2.75) is 19.9 Å². The van der Waals surface area contributed by atoms with Crippen molar-refractivity contribution < 1.29 is 23.6 Å². The first kappa shape index (κ1) is 27.9. The number of furan rings is 1. The summed E-state index contributed by atoms with van der Waals surface area (Å²) in [5, 5.41) is 13.0. The van der Waals surface area contributed by atoms with Crippen LogP contribution in [-0.2, 0) is 9.53 Å². The van der Waals surface area contributed by atoms with E-state index in [0.717, 1.165) is 10.8 Å². The minimum atomic E-state index is -0.865. The van der Waals surface area contributed by atoms with Crippen LogP contribution in [0.15, 0.2) is 98.3 Å². The maximum atomic E-state index is 14.1. The Kier molecular flexibility index (Phi) is 7.24. The minimum Gasteiger partial charge on any atom is -0.496 e. The molecule has 10 nitrogen and oxygen atoms in total. The highest BCUT2D eigenvalue weighted by atomic mass is 32.1. The summed E-state index contributed by atoms with van der Waals surface area (Å²) < 4.78 is 19.0. The molecule has 216 valence electrons. The Balaban J connectivity index is 1.54. The molecule has 1 aliphatic heterocycles. The number of hydrogen-bond acceptors (Lipinski definition) is 9. The smallest absolute Gasteiger partial charge is 0.338 e. The lowest BCUT2D eigenvalue weighted by atomic mass is 9.90. The van der Waals surface area contributed by atoms with E-state index >= 15 is 0 Å². The molecule has 0 spiro atoms. The molecule has 0 amide bonds. The van der Waals surface area contributed by atoms with E-state index in [2.05, 4.69) is 4.99 Å². The number of ether oxygens (including phenoxy) is 2. The predicted molar refractivity (Wildman–Crippen MR) is 162 cm³/mol. The van der Waals surface area contributed by atoms with Crippen LogP contribution < -0.4 is 19.6 Å². The molecule has 0 fully saturated rings. The van der Waals surface area contributed by atoms with Gasteiger partial charge in [0.05, 0.1) is 34.4 Å². The van der Waals surface area contributed by atoms with Crippen molar-refractivity contribution in [2.75, 3.05) is 13.7 Å². The fraction of sp³-hybridized carbons (Fsp3) is 0.156. The van der Waals surface area contributed by atoms with E-state index in [1.54, 1.807) is 51.3 Å². The number of rotatable bonds is 7. The van der Waals surface area contributed by atoms with E-state index in [1.807, 2.05) is 36.4 Å². The highest BCUT2D eigenvalue weighted by molar-refractivity contribution is 7.07. The maximum absolute atomic E-state index is 14.1. The van der Waals surface area contributed by atoms with Gasteiger partial charge in [-0.3, -0.25) is 19.5 Å². The van der Waals surface area contributed by atoms with Gasteiger partial charge >= 0.3 is 5.97 Å². The van der Waals surface area contributed by atoms with Crippen molar-refractivity contribution >= 4 is 39.8 Å². The van der Waals surface area contributed by atoms with Crippen molar-refractivity contribution in [3.63, 3.8) is 0 Å². The second kappa shape index (κ2) is 11.2. The number of nitrogens with zero attached hydrogens (tertiary/aromatic N) is 3. The third-order valence-electron chi connectivity index (χ3n) is 7.18. The van der Waals surface area contributed by atoms with Gasteiger partial charge in [0.2, 0.25) is 0 Å². The van der Waals surface area contributed by atoms with Crippen LogP contribution in [0.2, 0.25) is 0 Å². The molecule has 1 aliphatic rings. The number of benzene rings is 3. The molecule has 11 heteroatoms. The largest absolute Gasteiger partial charge is 0.496 e. The fourth-order valence-corrected chi connectivity index (χ4v) is 6.31. The Morgan fingerprint density at radius 3 is 2.72 bits per heavy atom. The molecule has 0 saturated heterocycles. The van der Waals surface area contributed by atoms with Crippen LogP contribution >= 0.6 is 11.3 Å². The monoisotopic (exact) mass is 595 g/mol. The second-order valence-electron chi connectivity index (χ2n) is 9.71. The van der Waals surface area contributed by atoms with E-state index in [9.17, 15) is 19.7 Å². The lowest BCUT2D eigenvalue weighted by Crippen LogP contribution is -2.40. The van der Waals surface area contributed by atoms with Gasteiger partial charge in [0.25, 0.3) is 11.2 Å². The van der Waals surface area contributed by atoms with Gasteiger partial charge in [-0.2, -0.15) is 0 Å². The minimum absolute atomic E-state index is 0.0552. The van der Waals surface area contributed by atoms with Crippen LogP contribution in [0, 0.1) is 10.1 Å². The molecule has 6 rings (SSSR count). The van der Waals surface area contributed by atoms with Crippen LogP contribution in [0.4, 0.5) is 5.69 Å². The van der Waals surface area contributed by atoms with Crippen molar-refractivity contribution in [2.24, 2.45) is 4.99 Å². The predicted octanol–water partition coefficient (Wildman–Crippen LogP) is 5.13. The summed E-state index contributed by atoms with van der Waals surface area (Å²) in [5.41, 5.74) is 1.45. The number of carbonyl (C=O) groups is 1. The van der Waals surface area contributed by atoms with Crippen molar-refractivity contribution in [3.05, 3.63) is 125 Å². The first-order valence-electron chi connectivity index (χ1n) is 13.4. The molecule has 0 radical (unpaired) electrons. The van der Waals surface area contributed by atoms with Gasteiger partial charge in [-0.15, -0.1) is 0 Å². The van der Waals surface area contributed by atoms with Gasteiger partial charge in [-0.05, 0) is 42.8 Å². The Bertz CT molecular complexity index is 2140. The van der Waals surface area contributed by atoms with E-state index < -0.39 is 16.9 Å². The van der Waals surface area contributed by atoms with Gasteiger partial charge in [-0.1, -0.05) is 53.8 Å². The number of nitro groups is 1. The summed E-state index contributed by atoms with van der Waals surface area (Å²) in [4.78, 5) is 43.3. The van der Waals surface area contributed by atoms with Crippen molar-refractivity contribution in [3.8, 4) is 17.1 Å². The Labute approximate surface area is 248 Å². The normalized spacial score (nSPS) is 14.9. The lowest BCUT2D eigenvalue weighted by Gasteiger charge is -2.27. The number of thiazole rings is 1. The van der Waals surface area contributed by atoms with E-state index in [4.69, 9.17) is 13.9 Å². The zero-order valence-electron chi connectivity index (χ0n) is 23.4. The van der Waals surface area contributed by atoms with Gasteiger partial charge in [0.15, 0.2) is 4.80 Å². The molecule has 0 saturated carbocycles. The molecule has 1 atom stereocenters. The number of esters is 1. The van der Waals surface area contributed by atoms with Gasteiger partial charge in [-0.25, -0.2) is 9.79 Å². The first-order chi connectivity index (χ1) is 20.8. The maximum Gasteiger partial charge on any atom is 0.338 e. The van der Waals surface area contributed by atoms with Crippen molar-refractivity contribution in [1.29, 1.82) is 0 Å². The number of nitro benzene ring substituents is 1. The summed E-state index contributed by atoms with van der Waals surface area (Å²) >= 11 is 1.17. The van der Waals surface area contributed by atoms with E-state index in [-0.39, 0.29) is 23.4 Å². The quantitative estimate of drug-likeness (QED) is 0.145. The van der Waals surface area contributed by atoms with Crippen LogP contribution in [0.5, 0.6) is 5.75 Å². The van der Waals surface area contributed by atoms with Crippen molar-refractivity contribution in [1.82, 2.24) is 4.57 Å². The molecule has 43 heavy (non-hydrogen) atoms. The number of hydrogen-bond donors (Lipinski definition) is 0. The lowest BCUT2D eigenvalue weighted by molar-refractivity contribution is -0.384. The summed E-state index contributed by atoms with van der Waals surface area (Å²) in [6, 6.07) is 20.1. The Morgan fingerprint density at radius 2 is 1.95 bits per heavy atom. The average molecular weight is 596 g/mol. The molecule has 0 unspecified atom stereocenters. The van der Waals surface area contributed by atoms with Crippen LogP contribution in [-0.4, -0.2) is 29.2 Å². The molecule has 3 aromatic carbocycles. The third-order valence-corrected chi connectivity index (χ3v) is 8.17. The fourth-order valence-electron chi connectivity index (χ4n) is 5.29. The Morgan fingerprint density at radius 1 is 1.14 bits per heavy atom. The highest BCUT2D eigenvalue weighted by Crippen LogP contribution is 2.40. The molecule has 2 aromatic heterocycles. The Hall–Kier alpha value is -5.29. The molecule has 0 bridgehead atoms. The van der Waals surface area contributed by atoms with E-state index in [0.29, 0.717) is 43.4 Å². The number of aromatic nitrogens is 1. The number of fused-ring (bicyclic) bond motifs is 2. The van der Waals surface area contributed by atoms with Crippen LogP contribution in [0.3, 0.4) is 0 Å². The SMILES string of the molecule is CCOC(=O)C1=C(C)N=c2s/c(=C/c3ccc(-c4cccc([N+](=O)[O-])c4)o3)c(=O)n2[C@@H]1c1c(OC)ccc2ccccc12. The van der Waals surface area contributed by atoms with Crippen LogP contribution in [0.1, 0.15) is 31.2 Å². The third kappa shape index (κ3) is 4.93. The zero-order chi connectivity index (χ0) is 30.2. The average Bonchev–Trinajstić information content (AvgIpc) is 3.60. The number of methoxy groups -OCH3 is 1. The molecule has 0 aliphatic carbocycles. The van der Waals surface area contributed by atoms with E-state index in [1.165, 1.54) is 28.0 Å². The topological polar surface area (TPSA) is 126 Å². The summed E-state index contributed by atoms with van der Waals surface area (Å²) in [5.74, 6) is 0.752. The molecule has 0 N–H and O–H groups in total. The second-order valence-corrected chi connectivity index (χ2v) is 10.7. The molecular formula is C32H25N3O7S. The number of allylic oxidation sites excluding steroid dienone is 1. The number of carbonyl (C=O) groups excluding carboxylic acids is 1. The highest BCUT2D eigenvalue weighted by Gasteiger charge is 2.36.